The molecular formula is C26H22N6O2. The highest BCUT2D eigenvalue weighted by Crippen LogP contribution is 2.31. The van der Waals surface area contributed by atoms with E-state index in [1.165, 1.54) is 6.21 Å². The van der Waals surface area contributed by atoms with Crippen molar-refractivity contribution in [1.29, 1.82) is 5.26 Å². The standard InChI is InChI=1S/C26H22N6O2/c1-4-19-15(2)20(13-27)24-29-21-7-5-6-8-23(21)32(24)25(19)31-28-14-17-11-16-9-10-18(34-3)12-22(16)30-26(17)33/h5-12,14,31H,4H2,1-3H3,(H,30,33). The molecule has 3 aromatic heterocycles. The zero-order chi connectivity index (χ0) is 23.8. The number of imidazole rings is 1. The van der Waals surface area contributed by atoms with Crippen LogP contribution in [0.25, 0.3) is 27.6 Å². The van der Waals surface area contributed by atoms with E-state index in [0.29, 0.717) is 34.5 Å². The van der Waals surface area contributed by atoms with Crippen LogP contribution in [0.2, 0.25) is 0 Å². The van der Waals surface area contributed by atoms with Gasteiger partial charge in [-0.1, -0.05) is 19.1 Å². The number of nitriles is 1. The number of H-pyrrole nitrogens is 1. The number of hydrogen-bond acceptors (Lipinski definition) is 6. The molecule has 8 nitrogen and oxygen atoms in total. The number of hydrazone groups is 1. The molecular weight excluding hydrogens is 428 g/mol. The van der Waals surface area contributed by atoms with Crippen LogP contribution in [0, 0.1) is 18.3 Å². The summed E-state index contributed by atoms with van der Waals surface area (Å²) in [7, 11) is 1.59. The highest BCUT2D eigenvalue weighted by atomic mass is 16.5. The topological polar surface area (TPSA) is 108 Å². The van der Waals surface area contributed by atoms with E-state index in [4.69, 9.17) is 9.72 Å². The van der Waals surface area contributed by atoms with Gasteiger partial charge in [-0.15, -0.1) is 0 Å². The van der Waals surface area contributed by atoms with Gasteiger partial charge in [-0.3, -0.25) is 14.6 Å². The molecule has 0 aliphatic rings. The Kier molecular flexibility index (Phi) is 5.22. The number of rotatable bonds is 5. The normalized spacial score (nSPS) is 11.5. The lowest BCUT2D eigenvalue weighted by Crippen LogP contribution is -2.13. The van der Waals surface area contributed by atoms with Gasteiger partial charge in [0.15, 0.2) is 5.65 Å². The van der Waals surface area contributed by atoms with Crippen molar-refractivity contribution in [1.82, 2.24) is 14.4 Å². The number of nitrogens with one attached hydrogen (secondary N) is 2. The molecule has 0 saturated carbocycles. The van der Waals surface area contributed by atoms with Gasteiger partial charge >= 0.3 is 0 Å². The van der Waals surface area contributed by atoms with Crippen molar-refractivity contribution in [3.8, 4) is 11.8 Å². The van der Waals surface area contributed by atoms with E-state index >= 15 is 0 Å². The molecule has 5 rings (SSSR count). The lowest BCUT2D eigenvalue weighted by Gasteiger charge is -2.15. The molecule has 3 heterocycles. The number of benzene rings is 2. The number of anilines is 1. The summed E-state index contributed by atoms with van der Waals surface area (Å²) in [4.78, 5) is 20.2. The molecule has 8 heteroatoms. The number of fused-ring (bicyclic) bond motifs is 4. The number of para-hydroxylation sites is 2. The van der Waals surface area contributed by atoms with Crippen molar-refractivity contribution in [3.05, 3.63) is 81.1 Å². The molecule has 168 valence electrons. The number of pyridine rings is 2. The minimum absolute atomic E-state index is 0.253. The van der Waals surface area contributed by atoms with Crippen molar-refractivity contribution in [2.75, 3.05) is 12.5 Å². The second-order valence-corrected chi connectivity index (χ2v) is 7.93. The van der Waals surface area contributed by atoms with Crippen LogP contribution in [0.1, 0.15) is 29.2 Å². The molecule has 0 atom stereocenters. The van der Waals surface area contributed by atoms with E-state index < -0.39 is 0 Å². The van der Waals surface area contributed by atoms with E-state index in [9.17, 15) is 10.1 Å². The monoisotopic (exact) mass is 450 g/mol. The van der Waals surface area contributed by atoms with E-state index in [1.807, 2.05) is 54.6 Å². The van der Waals surface area contributed by atoms with Crippen LogP contribution in [-0.2, 0) is 6.42 Å². The summed E-state index contributed by atoms with van der Waals surface area (Å²) in [6.07, 6.45) is 2.19. The second-order valence-electron chi connectivity index (χ2n) is 7.93. The lowest BCUT2D eigenvalue weighted by molar-refractivity contribution is 0.415. The average Bonchev–Trinajstić information content (AvgIpc) is 3.23. The Morgan fingerprint density at radius 3 is 2.85 bits per heavy atom. The number of nitrogens with zero attached hydrogens (tertiary/aromatic N) is 4. The van der Waals surface area contributed by atoms with E-state index in [-0.39, 0.29) is 5.56 Å². The first-order chi connectivity index (χ1) is 16.5. The van der Waals surface area contributed by atoms with Gasteiger partial charge in [0.25, 0.3) is 5.56 Å². The SMILES string of the molecule is CCc1c(C)c(C#N)c2nc3ccccc3n2c1NN=Cc1cc2ccc(OC)cc2[nH]c1=O. The van der Waals surface area contributed by atoms with Crippen molar-refractivity contribution in [3.63, 3.8) is 0 Å². The first-order valence-electron chi connectivity index (χ1n) is 10.9. The van der Waals surface area contributed by atoms with Crippen molar-refractivity contribution in [2.24, 2.45) is 5.10 Å². The highest BCUT2D eigenvalue weighted by Gasteiger charge is 2.19. The maximum Gasteiger partial charge on any atom is 0.257 e. The molecule has 2 N–H and O–H groups in total. The maximum absolute atomic E-state index is 12.6. The van der Waals surface area contributed by atoms with Gasteiger partial charge in [0.1, 0.15) is 17.6 Å². The summed E-state index contributed by atoms with van der Waals surface area (Å²) in [5.41, 5.74) is 8.60. The minimum Gasteiger partial charge on any atom is -0.497 e. The van der Waals surface area contributed by atoms with E-state index in [1.54, 1.807) is 19.2 Å². The zero-order valence-electron chi connectivity index (χ0n) is 19.0. The van der Waals surface area contributed by atoms with Gasteiger partial charge in [-0.25, -0.2) is 4.98 Å². The van der Waals surface area contributed by atoms with Crippen molar-refractivity contribution < 1.29 is 4.74 Å². The van der Waals surface area contributed by atoms with Gasteiger partial charge in [0.05, 0.1) is 41.0 Å². The fourth-order valence-electron chi connectivity index (χ4n) is 4.32. The molecule has 0 radical (unpaired) electrons. The molecule has 34 heavy (non-hydrogen) atoms. The van der Waals surface area contributed by atoms with Crippen LogP contribution in [0.15, 0.2) is 58.4 Å². The molecule has 0 amide bonds. The Balaban J connectivity index is 1.63. The molecule has 0 fully saturated rings. The quantitative estimate of drug-likeness (QED) is 0.302. The predicted molar refractivity (Wildman–Crippen MR) is 134 cm³/mol. The first kappa shape index (κ1) is 21.2. The fourth-order valence-corrected chi connectivity index (χ4v) is 4.32. The molecule has 2 aromatic carbocycles. The Morgan fingerprint density at radius 1 is 1.26 bits per heavy atom. The van der Waals surface area contributed by atoms with Gasteiger partial charge < -0.3 is 9.72 Å². The third kappa shape index (κ3) is 3.35. The van der Waals surface area contributed by atoms with Gasteiger partial charge in [0.2, 0.25) is 0 Å². The van der Waals surface area contributed by atoms with Crippen molar-refractivity contribution in [2.45, 2.75) is 20.3 Å². The summed E-state index contributed by atoms with van der Waals surface area (Å²) < 4.78 is 7.15. The molecule has 0 spiro atoms. The third-order valence-electron chi connectivity index (χ3n) is 6.04. The van der Waals surface area contributed by atoms with Crippen LogP contribution >= 0.6 is 0 Å². The molecule has 0 saturated heterocycles. The number of methoxy groups -OCH3 is 1. The van der Waals surface area contributed by atoms with Crippen LogP contribution in [0.4, 0.5) is 5.82 Å². The molecule has 0 unspecified atom stereocenters. The third-order valence-corrected chi connectivity index (χ3v) is 6.04. The highest BCUT2D eigenvalue weighted by molar-refractivity contribution is 5.89. The summed E-state index contributed by atoms with van der Waals surface area (Å²) in [6.45, 7) is 3.96. The van der Waals surface area contributed by atoms with E-state index in [2.05, 4.69) is 21.6 Å². The predicted octanol–water partition coefficient (Wildman–Crippen LogP) is 4.53. The number of aromatic amines is 1. The second kappa shape index (κ2) is 8.37. The smallest absolute Gasteiger partial charge is 0.257 e. The van der Waals surface area contributed by atoms with Gasteiger partial charge in [-0.05, 0) is 60.2 Å². The summed E-state index contributed by atoms with van der Waals surface area (Å²) in [5, 5.41) is 15.1. The maximum atomic E-state index is 12.6. The summed E-state index contributed by atoms with van der Waals surface area (Å²) in [6, 6.07) is 17.3. The van der Waals surface area contributed by atoms with Crippen LogP contribution in [0.5, 0.6) is 5.75 Å². The zero-order valence-corrected chi connectivity index (χ0v) is 19.0. The number of aromatic nitrogens is 3. The van der Waals surface area contributed by atoms with Gasteiger partial charge in [0, 0.05) is 6.07 Å². The first-order valence-corrected chi connectivity index (χ1v) is 10.9. The lowest BCUT2D eigenvalue weighted by atomic mass is 10.0. The summed E-state index contributed by atoms with van der Waals surface area (Å²) >= 11 is 0. The molecule has 5 aromatic rings. The van der Waals surface area contributed by atoms with Crippen LogP contribution in [0.3, 0.4) is 0 Å². The number of hydrogen-bond donors (Lipinski definition) is 2. The number of ether oxygens (including phenoxy) is 1. The average molecular weight is 451 g/mol. The molecule has 0 aliphatic heterocycles. The molecule has 0 aliphatic carbocycles. The Hall–Kier alpha value is -4.64. The Morgan fingerprint density at radius 2 is 2.09 bits per heavy atom. The largest absolute Gasteiger partial charge is 0.497 e. The minimum atomic E-state index is -0.253. The van der Waals surface area contributed by atoms with Crippen LogP contribution < -0.4 is 15.7 Å². The molecule has 0 bridgehead atoms. The Labute approximate surface area is 195 Å². The van der Waals surface area contributed by atoms with E-state index in [0.717, 1.165) is 33.4 Å². The Bertz CT molecular complexity index is 1700. The fraction of sp³-hybridized carbons (Fsp3) is 0.154. The summed E-state index contributed by atoms with van der Waals surface area (Å²) in [5.74, 6) is 1.40. The van der Waals surface area contributed by atoms with Crippen molar-refractivity contribution >= 4 is 39.6 Å². The van der Waals surface area contributed by atoms with Gasteiger partial charge in [-0.2, -0.15) is 10.4 Å². The van der Waals surface area contributed by atoms with Crippen LogP contribution in [-0.4, -0.2) is 27.7 Å².